The minimum atomic E-state index is -0.479. The van der Waals surface area contributed by atoms with Crippen molar-refractivity contribution in [3.8, 4) is 11.5 Å². The number of benzene rings is 2. The summed E-state index contributed by atoms with van der Waals surface area (Å²) in [6, 6.07) is 8.36. The Kier molecular flexibility index (Phi) is 7.38. The maximum atomic E-state index is 11.8. The van der Waals surface area contributed by atoms with Crippen molar-refractivity contribution >= 4 is 62.9 Å². The summed E-state index contributed by atoms with van der Waals surface area (Å²) < 4.78 is 11.4. The number of nitrogens with zero attached hydrogens (tertiary/aromatic N) is 1. The number of nitrogens with one attached hydrogen (secondary N) is 1. The zero-order valence-electron chi connectivity index (χ0n) is 12.9. The Balaban J connectivity index is 1.94. The van der Waals surface area contributed by atoms with Crippen LogP contribution in [0, 0.1) is 0 Å². The second-order valence-electron chi connectivity index (χ2n) is 4.67. The molecule has 132 valence electrons. The summed E-state index contributed by atoms with van der Waals surface area (Å²) in [4.78, 5) is 11.8. The van der Waals surface area contributed by atoms with Crippen LogP contribution < -0.4 is 14.9 Å². The lowest BCUT2D eigenvalue weighted by Gasteiger charge is -2.09. The fraction of sp³-hybridized carbons (Fsp3) is 0.125. The molecule has 0 bridgehead atoms. The van der Waals surface area contributed by atoms with E-state index >= 15 is 0 Å². The van der Waals surface area contributed by atoms with Crippen LogP contribution in [0.1, 0.15) is 5.56 Å². The molecule has 0 saturated heterocycles. The molecule has 0 radical (unpaired) electrons. The van der Waals surface area contributed by atoms with E-state index in [1.165, 1.54) is 18.3 Å². The number of methoxy groups -OCH3 is 1. The highest BCUT2D eigenvalue weighted by atomic mass is 79.9. The molecule has 1 amide bonds. The molecule has 5 nitrogen and oxygen atoms in total. The SMILES string of the molecule is COc1ccc(Br)cc1C=NNC(=O)COc1c(Cl)cc(Cl)cc1Cl. The third-order valence-corrected chi connectivity index (χ3v) is 4.17. The number of carbonyl (C=O) groups is 1. The molecule has 25 heavy (non-hydrogen) atoms. The van der Waals surface area contributed by atoms with E-state index < -0.39 is 5.91 Å². The summed E-state index contributed by atoms with van der Waals surface area (Å²) in [5, 5.41) is 4.68. The first-order valence-electron chi connectivity index (χ1n) is 6.83. The van der Waals surface area contributed by atoms with Gasteiger partial charge in [0, 0.05) is 15.1 Å². The van der Waals surface area contributed by atoms with E-state index in [9.17, 15) is 4.79 Å². The van der Waals surface area contributed by atoms with Gasteiger partial charge in [0.05, 0.1) is 23.4 Å². The van der Waals surface area contributed by atoms with Gasteiger partial charge < -0.3 is 9.47 Å². The standard InChI is InChI=1S/C16H12BrCl3N2O3/c1-24-14-3-2-10(17)4-9(14)7-21-22-15(23)8-25-16-12(19)5-11(18)6-13(16)20/h2-7H,8H2,1H3,(H,22,23). The van der Waals surface area contributed by atoms with Crippen molar-refractivity contribution < 1.29 is 14.3 Å². The van der Waals surface area contributed by atoms with Crippen LogP contribution in [-0.4, -0.2) is 25.8 Å². The fourth-order valence-electron chi connectivity index (χ4n) is 1.82. The van der Waals surface area contributed by atoms with E-state index in [2.05, 4.69) is 26.5 Å². The molecule has 0 aliphatic rings. The highest BCUT2D eigenvalue weighted by molar-refractivity contribution is 9.10. The molecular weight excluding hydrogens is 454 g/mol. The van der Waals surface area contributed by atoms with Gasteiger partial charge in [0.25, 0.3) is 5.91 Å². The molecule has 0 aliphatic heterocycles. The molecule has 0 spiro atoms. The lowest BCUT2D eigenvalue weighted by atomic mass is 10.2. The van der Waals surface area contributed by atoms with Crippen LogP contribution in [0.5, 0.6) is 11.5 Å². The number of halogens is 4. The van der Waals surface area contributed by atoms with E-state index in [0.717, 1.165) is 4.47 Å². The van der Waals surface area contributed by atoms with E-state index in [1.54, 1.807) is 19.2 Å². The molecular formula is C16H12BrCl3N2O3. The minimum absolute atomic E-state index is 0.181. The highest BCUT2D eigenvalue weighted by Gasteiger charge is 2.11. The summed E-state index contributed by atoms with van der Waals surface area (Å²) in [6.07, 6.45) is 1.46. The molecule has 0 aromatic heterocycles. The molecule has 0 atom stereocenters. The zero-order valence-corrected chi connectivity index (χ0v) is 16.7. The van der Waals surface area contributed by atoms with Gasteiger partial charge in [0.1, 0.15) is 5.75 Å². The van der Waals surface area contributed by atoms with E-state index in [0.29, 0.717) is 16.3 Å². The largest absolute Gasteiger partial charge is 0.496 e. The predicted octanol–water partition coefficient (Wildman–Crippen LogP) is 4.95. The second kappa shape index (κ2) is 9.29. The Morgan fingerprint density at radius 2 is 1.92 bits per heavy atom. The lowest BCUT2D eigenvalue weighted by Crippen LogP contribution is -2.24. The van der Waals surface area contributed by atoms with Gasteiger partial charge in [-0.05, 0) is 30.3 Å². The first kappa shape index (κ1) is 19.8. The molecule has 0 unspecified atom stereocenters. The number of hydrazone groups is 1. The van der Waals surface area contributed by atoms with Crippen LogP contribution in [-0.2, 0) is 4.79 Å². The van der Waals surface area contributed by atoms with Crippen LogP contribution in [0.4, 0.5) is 0 Å². The van der Waals surface area contributed by atoms with Gasteiger partial charge >= 0.3 is 0 Å². The number of carbonyl (C=O) groups excluding carboxylic acids is 1. The highest BCUT2D eigenvalue weighted by Crippen LogP contribution is 2.35. The number of amides is 1. The average molecular weight is 467 g/mol. The predicted molar refractivity (Wildman–Crippen MR) is 103 cm³/mol. The summed E-state index contributed by atoms with van der Waals surface area (Å²) in [5.41, 5.74) is 3.04. The van der Waals surface area contributed by atoms with Crippen molar-refractivity contribution in [2.75, 3.05) is 13.7 Å². The lowest BCUT2D eigenvalue weighted by molar-refractivity contribution is -0.123. The average Bonchev–Trinajstić information content (AvgIpc) is 2.54. The zero-order chi connectivity index (χ0) is 18.4. The van der Waals surface area contributed by atoms with Crippen LogP contribution in [0.15, 0.2) is 39.9 Å². The topological polar surface area (TPSA) is 59.9 Å². The molecule has 2 aromatic rings. The number of hydrogen-bond donors (Lipinski definition) is 1. The van der Waals surface area contributed by atoms with Crippen molar-refractivity contribution in [1.29, 1.82) is 0 Å². The minimum Gasteiger partial charge on any atom is -0.496 e. The maximum absolute atomic E-state index is 11.8. The van der Waals surface area contributed by atoms with Crippen molar-refractivity contribution in [1.82, 2.24) is 5.43 Å². The fourth-order valence-corrected chi connectivity index (χ4v) is 3.12. The molecule has 0 aliphatic carbocycles. The quantitative estimate of drug-likeness (QED) is 0.484. The molecule has 2 aromatic carbocycles. The number of hydrogen-bond acceptors (Lipinski definition) is 4. The first-order chi connectivity index (χ1) is 11.9. The van der Waals surface area contributed by atoms with Gasteiger partial charge in [-0.1, -0.05) is 50.7 Å². The Hall–Kier alpha value is -1.47. The Bertz CT molecular complexity index is 792. The van der Waals surface area contributed by atoms with Crippen LogP contribution in [0.25, 0.3) is 0 Å². The van der Waals surface area contributed by atoms with E-state index in [1.807, 2.05) is 6.07 Å². The molecule has 2 rings (SSSR count). The summed E-state index contributed by atoms with van der Waals surface area (Å²) in [5.74, 6) is 0.324. The smallest absolute Gasteiger partial charge is 0.277 e. The van der Waals surface area contributed by atoms with E-state index in [-0.39, 0.29) is 22.4 Å². The Labute approximate surface area is 168 Å². The molecule has 0 fully saturated rings. The third kappa shape index (κ3) is 5.78. The maximum Gasteiger partial charge on any atom is 0.277 e. The number of rotatable bonds is 6. The summed E-state index contributed by atoms with van der Waals surface area (Å²) >= 11 is 21.1. The summed E-state index contributed by atoms with van der Waals surface area (Å²) in [6.45, 7) is -0.311. The van der Waals surface area contributed by atoms with Crippen LogP contribution in [0.2, 0.25) is 15.1 Å². The van der Waals surface area contributed by atoms with Gasteiger partial charge in [-0.2, -0.15) is 5.10 Å². The monoisotopic (exact) mass is 464 g/mol. The second-order valence-corrected chi connectivity index (χ2v) is 6.83. The molecule has 1 N–H and O–H groups in total. The van der Waals surface area contributed by atoms with E-state index in [4.69, 9.17) is 44.3 Å². The third-order valence-electron chi connectivity index (χ3n) is 2.90. The summed E-state index contributed by atoms with van der Waals surface area (Å²) in [7, 11) is 1.55. The van der Waals surface area contributed by atoms with Gasteiger partial charge in [0.15, 0.2) is 12.4 Å². The van der Waals surface area contributed by atoms with Gasteiger partial charge in [0.2, 0.25) is 0 Å². The molecule has 0 saturated carbocycles. The first-order valence-corrected chi connectivity index (χ1v) is 8.76. The molecule has 0 heterocycles. The van der Waals surface area contributed by atoms with Crippen LogP contribution >= 0.6 is 50.7 Å². The van der Waals surface area contributed by atoms with Gasteiger partial charge in [-0.25, -0.2) is 5.43 Å². The van der Waals surface area contributed by atoms with Gasteiger partial charge in [-0.3, -0.25) is 4.79 Å². The Morgan fingerprint density at radius 1 is 1.24 bits per heavy atom. The normalized spacial score (nSPS) is 10.8. The van der Waals surface area contributed by atoms with Crippen molar-refractivity contribution in [2.45, 2.75) is 0 Å². The van der Waals surface area contributed by atoms with Crippen LogP contribution in [0.3, 0.4) is 0 Å². The number of ether oxygens (including phenoxy) is 2. The Morgan fingerprint density at radius 3 is 2.56 bits per heavy atom. The van der Waals surface area contributed by atoms with Crippen molar-refractivity contribution in [2.24, 2.45) is 5.10 Å². The van der Waals surface area contributed by atoms with Crippen molar-refractivity contribution in [3.05, 3.63) is 55.4 Å². The molecule has 9 heteroatoms. The van der Waals surface area contributed by atoms with Crippen molar-refractivity contribution in [3.63, 3.8) is 0 Å². The van der Waals surface area contributed by atoms with Gasteiger partial charge in [-0.15, -0.1) is 0 Å².